The van der Waals surface area contributed by atoms with Crippen LogP contribution in [0, 0.1) is 0 Å². The van der Waals surface area contributed by atoms with Crippen molar-refractivity contribution < 1.29 is 14.3 Å². The maximum Gasteiger partial charge on any atom is 0.329 e. The summed E-state index contributed by atoms with van der Waals surface area (Å²) in [5.41, 5.74) is 9.60. The van der Waals surface area contributed by atoms with E-state index in [9.17, 15) is 9.59 Å². The van der Waals surface area contributed by atoms with E-state index in [1.807, 2.05) is 72.8 Å². The normalized spacial score (nSPS) is 11.1. The van der Waals surface area contributed by atoms with Gasteiger partial charge in [-0.05, 0) is 22.3 Å². The first-order valence-electron chi connectivity index (χ1n) is 11.6. The Morgan fingerprint density at radius 3 is 1.17 bits per heavy atom. The molecule has 0 bridgehead atoms. The third-order valence-electron chi connectivity index (χ3n) is 5.48. The SMILES string of the molecule is NC(=O)COC(=O)C(SC(c1ccccc1)c1ccccc1)SC(c1ccccc1)c1ccccc1. The molecule has 0 saturated carbocycles. The van der Waals surface area contributed by atoms with Crippen LogP contribution in [0.2, 0.25) is 0 Å². The van der Waals surface area contributed by atoms with Crippen LogP contribution in [0.1, 0.15) is 32.8 Å². The molecule has 0 heterocycles. The van der Waals surface area contributed by atoms with Crippen molar-refractivity contribution in [2.24, 2.45) is 5.73 Å². The zero-order chi connectivity index (χ0) is 25.2. The molecule has 0 fully saturated rings. The number of benzene rings is 4. The first-order valence-corrected chi connectivity index (χ1v) is 13.5. The van der Waals surface area contributed by atoms with Gasteiger partial charge in [0.2, 0.25) is 0 Å². The summed E-state index contributed by atoms with van der Waals surface area (Å²) in [5, 5.41) is -0.226. The number of hydrogen-bond acceptors (Lipinski definition) is 5. The van der Waals surface area contributed by atoms with Gasteiger partial charge in [0.1, 0.15) is 4.58 Å². The standard InChI is InChI=1S/C30H27NO3S2/c31-26(32)21-34-29(33)30(35-27(22-13-5-1-6-14-22)23-15-7-2-8-16-23)36-28(24-17-9-3-10-18-24)25-19-11-4-12-20-25/h1-20,27-28,30H,21H2,(H2,31,32). The molecule has 0 aliphatic heterocycles. The minimum atomic E-state index is -0.678. The van der Waals surface area contributed by atoms with E-state index in [1.54, 1.807) is 0 Å². The summed E-state index contributed by atoms with van der Waals surface area (Å²) in [6, 6.07) is 40.4. The molecule has 4 aromatic rings. The van der Waals surface area contributed by atoms with Crippen molar-refractivity contribution in [3.05, 3.63) is 144 Å². The van der Waals surface area contributed by atoms with Crippen molar-refractivity contribution in [1.29, 1.82) is 0 Å². The summed E-state index contributed by atoms with van der Waals surface area (Å²) in [4.78, 5) is 24.8. The minimum Gasteiger partial charge on any atom is -0.454 e. The van der Waals surface area contributed by atoms with E-state index in [1.165, 1.54) is 23.5 Å². The number of primary amides is 1. The van der Waals surface area contributed by atoms with Gasteiger partial charge in [0, 0.05) is 0 Å². The second-order valence-electron chi connectivity index (χ2n) is 8.08. The summed E-state index contributed by atoms with van der Waals surface area (Å²) < 4.78 is 4.73. The monoisotopic (exact) mass is 513 g/mol. The van der Waals surface area contributed by atoms with Crippen LogP contribution in [0.5, 0.6) is 0 Å². The molecule has 4 rings (SSSR count). The van der Waals surface area contributed by atoms with Crippen molar-refractivity contribution in [2.45, 2.75) is 15.1 Å². The van der Waals surface area contributed by atoms with Crippen LogP contribution in [0.25, 0.3) is 0 Å². The molecule has 0 radical (unpaired) electrons. The average Bonchev–Trinajstić information content (AvgIpc) is 2.94. The molecule has 0 spiro atoms. The summed E-state index contributed by atoms with van der Waals surface area (Å²) in [5.74, 6) is -1.15. The van der Waals surface area contributed by atoms with E-state index < -0.39 is 23.1 Å². The fourth-order valence-corrected chi connectivity index (χ4v) is 6.84. The minimum absolute atomic E-state index is 0.113. The molecule has 0 atom stereocenters. The van der Waals surface area contributed by atoms with Gasteiger partial charge in [-0.15, -0.1) is 23.5 Å². The second-order valence-corrected chi connectivity index (χ2v) is 10.8. The van der Waals surface area contributed by atoms with Gasteiger partial charge in [0.15, 0.2) is 6.61 Å². The van der Waals surface area contributed by atoms with Gasteiger partial charge in [-0.3, -0.25) is 4.79 Å². The third-order valence-corrected chi connectivity index (χ3v) is 8.66. The highest BCUT2D eigenvalue weighted by Gasteiger charge is 2.31. The predicted octanol–water partition coefficient (Wildman–Crippen LogP) is 6.39. The first kappa shape index (κ1) is 25.6. The van der Waals surface area contributed by atoms with E-state index in [4.69, 9.17) is 10.5 Å². The molecule has 0 saturated heterocycles. The molecular formula is C30H27NO3S2. The first-order chi connectivity index (χ1) is 17.6. The molecule has 182 valence electrons. The molecule has 0 aliphatic carbocycles. The predicted molar refractivity (Wildman–Crippen MR) is 149 cm³/mol. The summed E-state index contributed by atoms with van der Waals surface area (Å²) in [7, 11) is 0. The topological polar surface area (TPSA) is 69.4 Å². The van der Waals surface area contributed by atoms with Gasteiger partial charge in [0.25, 0.3) is 5.91 Å². The van der Waals surface area contributed by atoms with Crippen molar-refractivity contribution in [2.75, 3.05) is 6.61 Å². The summed E-state index contributed by atoms with van der Waals surface area (Å²) in [6.07, 6.45) is 0. The second kappa shape index (κ2) is 13.0. The van der Waals surface area contributed by atoms with Gasteiger partial charge in [-0.25, -0.2) is 4.79 Å². The number of ether oxygens (including phenoxy) is 1. The van der Waals surface area contributed by atoms with Gasteiger partial charge in [0.05, 0.1) is 10.5 Å². The third kappa shape index (κ3) is 7.03. The van der Waals surface area contributed by atoms with Crippen LogP contribution >= 0.6 is 23.5 Å². The maximum absolute atomic E-state index is 13.4. The highest BCUT2D eigenvalue weighted by Crippen LogP contribution is 2.48. The number of carbonyl (C=O) groups excluding carboxylic acids is 2. The van der Waals surface area contributed by atoms with Crippen LogP contribution in [0.15, 0.2) is 121 Å². The molecule has 2 N–H and O–H groups in total. The van der Waals surface area contributed by atoms with Crippen molar-refractivity contribution >= 4 is 35.4 Å². The Bertz CT molecular complexity index is 1070. The van der Waals surface area contributed by atoms with Crippen molar-refractivity contribution in [1.82, 2.24) is 0 Å². The molecule has 36 heavy (non-hydrogen) atoms. The zero-order valence-electron chi connectivity index (χ0n) is 19.6. The smallest absolute Gasteiger partial charge is 0.329 e. The van der Waals surface area contributed by atoms with E-state index in [0.29, 0.717) is 0 Å². The zero-order valence-corrected chi connectivity index (χ0v) is 21.2. The van der Waals surface area contributed by atoms with Crippen LogP contribution in [0.4, 0.5) is 0 Å². The number of carbonyl (C=O) groups is 2. The Labute approximate surface area is 220 Å². The Balaban J connectivity index is 1.71. The molecule has 4 nitrogen and oxygen atoms in total. The summed E-state index contributed by atoms with van der Waals surface area (Å²) in [6.45, 7) is -0.445. The number of amides is 1. The van der Waals surface area contributed by atoms with Gasteiger partial charge in [-0.1, -0.05) is 121 Å². The van der Waals surface area contributed by atoms with Gasteiger partial charge in [-0.2, -0.15) is 0 Å². The quantitative estimate of drug-likeness (QED) is 0.186. The van der Waals surface area contributed by atoms with Crippen LogP contribution in [0.3, 0.4) is 0 Å². The lowest BCUT2D eigenvalue weighted by Crippen LogP contribution is -2.26. The Hall–Kier alpha value is -3.48. The van der Waals surface area contributed by atoms with Crippen molar-refractivity contribution in [3.63, 3.8) is 0 Å². The fourth-order valence-electron chi connectivity index (χ4n) is 3.81. The van der Waals surface area contributed by atoms with E-state index in [2.05, 4.69) is 48.5 Å². The Morgan fingerprint density at radius 1 is 0.583 bits per heavy atom. The fraction of sp³-hybridized carbons (Fsp3) is 0.133. The molecule has 1 amide bonds. The molecule has 4 aromatic carbocycles. The Morgan fingerprint density at radius 2 is 0.889 bits per heavy atom. The lowest BCUT2D eigenvalue weighted by Gasteiger charge is -2.27. The lowest BCUT2D eigenvalue weighted by atomic mass is 10.0. The Kier molecular flexibility index (Phi) is 9.25. The van der Waals surface area contributed by atoms with E-state index in [-0.39, 0.29) is 10.5 Å². The lowest BCUT2D eigenvalue weighted by molar-refractivity contribution is -0.145. The number of esters is 1. The number of nitrogens with two attached hydrogens (primary N) is 1. The number of rotatable bonds is 11. The van der Waals surface area contributed by atoms with Crippen LogP contribution in [-0.4, -0.2) is 23.1 Å². The van der Waals surface area contributed by atoms with E-state index in [0.717, 1.165) is 22.3 Å². The largest absolute Gasteiger partial charge is 0.454 e. The number of hydrogen-bond donors (Lipinski definition) is 1. The molecule has 0 aromatic heterocycles. The van der Waals surface area contributed by atoms with Crippen molar-refractivity contribution in [3.8, 4) is 0 Å². The molecule has 0 unspecified atom stereocenters. The average molecular weight is 514 g/mol. The summed E-state index contributed by atoms with van der Waals surface area (Å²) >= 11 is 3.02. The maximum atomic E-state index is 13.4. The molecular weight excluding hydrogens is 486 g/mol. The van der Waals surface area contributed by atoms with Gasteiger partial charge >= 0.3 is 5.97 Å². The highest BCUT2D eigenvalue weighted by atomic mass is 32.2. The number of thioether (sulfide) groups is 2. The highest BCUT2D eigenvalue weighted by molar-refractivity contribution is 8.18. The van der Waals surface area contributed by atoms with Crippen LogP contribution < -0.4 is 5.73 Å². The van der Waals surface area contributed by atoms with Gasteiger partial charge < -0.3 is 10.5 Å². The van der Waals surface area contributed by atoms with Crippen LogP contribution in [-0.2, 0) is 14.3 Å². The molecule has 6 heteroatoms. The van der Waals surface area contributed by atoms with E-state index >= 15 is 0 Å². The molecule has 0 aliphatic rings.